The first kappa shape index (κ1) is 22.6. The Hall–Kier alpha value is -0.410. The minimum absolute atomic E-state index is 0.0625. The summed E-state index contributed by atoms with van der Waals surface area (Å²) < 4.78 is 154. The van der Waals surface area contributed by atoms with E-state index in [0.29, 0.717) is 0 Å². The van der Waals surface area contributed by atoms with Crippen LogP contribution in [0.5, 0.6) is 0 Å². The lowest BCUT2D eigenvalue weighted by Gasteiger charge is -2.41. The summed E-state index contributed by atoms with van der Waals surface area (Å²) in [6, 6.07) is 0. The highest BCUT2D eigenvalue weighted by Crippen LogP contribution is 2.57. The van der Waals surface area contributed by atoms with Crippen molar-refractivity contribution in [1.82, 2.24) is 0 Å². The second-order valence-electron chi connectivity index (χ2n) is 4.75. The van der Waals surface area contributed by atoms with Crippen LogP contribution in [-0.4, -0.2) is 35.8 Å². The van der Waals surface area contributed by atoms with E-state index >= 15 is 0 Å². The van der Waals surface area contributed by atoms with Crippen LogP contribution >= 0.6 is 9.24 Å². The van der Waals surface area contributed by atoms with E-state index < -0.39 is 54.5 Å². The summed E-state index contributed by atoms with van der Waals surface area (Å²) in [5.41, 5.74) is -11.5. The molecule has 13 heteroatoms. The van der Waals surface area contributed by atoms with Gasteiger partial charge in [-0.1, -0.05) is 22.6 Å². The quantitative estimate of drug-likeness (QED) is 0.405. The second-order valence-corrected chi connectivity index (χ2v) is 5.48. The van der Waals surface area contributed by atoms with Gasteiger partial charge < -0.3 is 0 Å². The SMILES string of the molecule is CCCC(C(F)C(F)(F)C(F)(F)F)C(F)(C(F)(F)F)C(F)(F)P. The van der Waals surface area contributed by atoms with Gasteiger partial charge in [-0.15, -0.1) is 0 Å². The highest BCUT2D eigenvalue weighted by atomic mass is 31.0. The second kappa shape index (κ2) is 6.48. The van der Waals surface area contributed by atoms with E-state index in [2.05, 4.69) is 0 Å². The van der Waals surface area contributed by atoms with Crippen LogP contribution in [0.25, 0.3) is 0 Å². The first-order valence-electron chi connectivity index (χ1n) is 5.86. The average molecular weight is 390 g/mol. The largest absolute Gasteiger partial charge is 0.456 e. The van der Waals surface area contributed by atoms with Gasteiger partial charge in [0.1, 0.15) is 0 Å². The Morgan fingerprint density at radius 3 is 1.39 bits per heavy atom. The number of alkyl halides is 12. The molecule has 0 aromatic rings. The van der Waals surface area contributed by atoms with Crippen molar-refractivity contribution >= 4 is 9.24 Å². The molecule has 0 aliphatic carbocycles. The summed E-state index contributed by atoms with van der Waals surface area (Å²) in [5.74, 6) is -10.4. The van der Waals surface area contributed by atoms with Crippen molar-refractivity contribution in [3.8, 4) is 0 Å². The van der Waals surface area contributed by atoms with Gasteiger partial charge in [-0.2, -0.15) is 43.9 Å². The van der Waals surface area contributed by atoms with Crippen LogP contribution in [0.1, 0.15) is 19.8 Å². The molecule has 0 fully saturated rings. The van der Waals surface area contributed by atoms with E-state index in [9.17, 15) is 52.7 Å². The zero-order valence-electron chi connectivity index (χ0n) is 11.2. The molecule has 0 amide bonds. The monoisotopic (exact) mass is 390 g/mol. The third-order valence-electron chi connectivity index (χ3n) is 3.09. The zero-order valence-corrected chi connectivity index (χ0v) is 12.3. The molecule has 0 rings (SSSR count). The topological polar surface area (TPSA) is 0 Å². The molecule has 4 unspecified atom stereocenters. The first-order valence-corrected chi connectivity index (χ1v) is 6.44. The molecule has 0 saturated carbocycles. The van der Waals surface area contributed by atoms with Gasteiger partial charge in [-0.05, 0) is 6.42 Å². The minimum Gasteiger partial charge on any atom is -0.240 e. The van der Waals surface area contributed by atoms with Gasteiger partial charge in [-0.3, -0.25) is 0 Å². The van der Waals surface area contributed by atoms with Crippen molar-refractivity contribution in [3.05, 3.63) is 0 Å². The smallest absolute Gasteiger partial charge is 0.240 e. The van der Waals surface area contributed by atoms with Gasteiger partial charge in [-0.25, -0.2) is 8.78 Å². The van der Waals surface area contributed by atoms with Crippen molar-refractivity contribution in [2.24, 2.45) is 5.92 Å². The number of hydrogen-bond acceptors (Lipinski definition) is 0. The Morgan fingerprint density at radius 2 is 1.17 bits per heavy atom. The average Bonchev–Trinajstić information content (AvgIpc) is 2.29. The van der Waals surface area contributed by atoms with Gasteiger partial charge in [0.2, 0.25) is 0 Å². The molecular formula is C10H11F12P. The fourth-order valence-corrected chi connectivity index (χ4v) is 2.29. The molecule has 0 heterocycles. The Labute approximate surface area is 124 Å². The van der Waals surface area contributed by atoms with Gasteiger partial charge >= 0.3 is 23.9 Å². The van der Waals surface area contributed by atoms with Gasteiger partial charge in [0, 0.05) is 5.92 Å². The summed E-state index contributed by atoms with van der Waals surface area (Å²) in [6.45, 7) is 0.878. The Balaban J connectivity index is 6.24. The van der Waals surface area contributed by atoms with Gasteiger partial charge in [0.25, 0.3) is 5.67 Å². The van der Waals surface area contributed by atoms with Crippen LogP contribution < -0.4 is 0 Å². The third kappa shape index (κ3) is 3.99. The highest BCUT2D eigenvalue weighted by Gasteiger charge is 2.77. The normalized spacial score (nSPS) is 20.1. The molecule has 0 nitrogen and oxygen atoms in total. The Kier molecular flexibility index (Phi) is 6.36. The summed E-state index contributed by atoms with van der Waals surface area (Å²) in [6.07, 6.45) is -20.5. The fraction of sp³-hybridized carbons (Fsp3) is 1.00. The molecule has 0 bridgehead atoms. The third-order valence-corrected chi connectivity index (χ3v) is 3.51. The predicted octanol–water partition coefficient (Wildman–Crippen LogP) is 5.68. The summed E-state index contributed by atoms with van der Waals surface area (Å²) in [5, 5.41) is 0. The summed E-state index contributed by atoms with van der Waals surface area (Å²) in [4.78, 5) is 0. The van der Waals surface area contributed by atoms with Crippen molar-refractivity contribution in [2.45, 2.75) is 55.5 Å². The molecule has 0 aromatic carbocycles. The van der Waals surface area contributed by atoms with Crippen molar-refractivity contribution in [1.29, 1.82) is 0 Å². The molecule has 23 heavy (non-hydrogen) atoms. The molecule has 0 aromatic heterocycles. The molecular weight excluding hydrogens is 379 g/mol. The van der Waals surface area contributed by atoms with E-state index in [1.807, 2.05) is 0 Å². The molecule has 4 atom stereocenters. The van der Waals surface area contributed by atoms with Crippen LogP contribution in [0.2, 0.25) is 0 Å². The molecule has 140 valence electrons. The zero-order chi connectivity index (χ0) is 19.1. The lowest BCUT2D eigenvalue weighted by Crippen LogP contribution is -2.63. The maximum atomic E-state index is 14.0. The van der Waals surface area contributed by atoms with Crippen molar-refractivity contribution in [2.75, 3.05) is 0 Å². The number of rotatable bonds is 6. The van der Waals surface area contributed by atoms with Crippen molar-refractivity contribution < 1.29 is 52.7 Å². The van der Waals surface area contributed by atoms with Crippen LogP contribution in [0.4, 0.5) is 52.7 Å². The van der Waals surface area contributed by atoms with Gasteiger partial charge in [0.05, 0.1) is 0 Å². The lowest BCUT2D eigenvalue weighted by atomic mass is 9.79. The first-order chi connectivity index (χ1) is 9.85. The maximum absolute atomic E-state index is 14.0. The van der Waals surface area contributed by atoms with Crippen LogP contribution in [0, 0.1) is 5.92 Å². The number of halogens is 12. The minimum atomic E-state index is -6.68. The summed E-state index contributed by atoms with van der Waals surface area (Å²) in [7, 11) is 0.0625. The van der Waals surface area contributed by atoms with Gasteiger partial charge in [0.15, 0.2) is 6.17 Å². The van der Waals surface area contributed by atoms with Crippen LogP contribution in [0.15, 0.2) is 0 Å². The molecule has 0 aliphatic heterocycles. The fourth-order valence-electron chi connectivity index (χ4n) is 1.91. The summed E-state index contributed by atoms with van der Waals surface area (Å²) >= 11 is 0. The van der Waals surface area contributed by atoms with E-state index in [4.69, 9.17) is 0 Å². The van der Waals surface area contributed by atoms with E-state index in [1.165, 1.54) is 0 Å². The van der Waals surface area contributed by atoms with E-state index in [0.717, 1.165) is 6.92 Å². The Bertz CT molecular complexity index is 378. The molecule has 0 N–H and O–H groups in total. The van der Waals surface area contributed by atoms with Crippen LogP contribution in [0.3, 0.4) is 0 Å². The van der Waals surface area contributed by atoms with Crippen LogP contribution in [-0.2, 0) is 0 Å². The van der Waals surface area contributed by atoms with E-state index in [-0.39, 0.29) is 9.24 Å². The highest BCUT2D eigenvalue weighted by molar-refractivity contribution is 7.18. The van der Waals surface area contributed by atoms with E-state index in [1.54, 1.807) is 0 Å². The molecule has 0 spiro atoms. The molecule has 0 aliphatic rings. The lowest BCUT2D eigenvalue weighted by molar-refractivity contribution is -0.342. The maximum Gasteiger partial charge on any atom is 0.456 e. The van der Waals surface area contributed by atoms with Crippen molar-refractivity contribution in [3.63, 3.8) is 0 Å². The molecule has 0 radical (unpaired) electrons. The Morgan fingerprint density at radius 1 is 0.783 bits per heavy atom. The predicted molar refractivity (Wildman–Crippen MR) is 58.8 cm³/mol. The standard InChI is InChI=1S/C10H11F12P/c1-2-3-4(5(11)7(13,14)9(18,19)20)6(12,8(15,16)17)10(21,22)23/h4-5H,2-3,23H2,1H3. The number of hydrogen-bond donors (Lipinski definition) is 0. The molecule has 0 saturated heterocycles.